The third-order valence-corrected chi connectivity index (χ3v) is 3.80. The lowest BCUT2D eigenvalue weighted by Gasteiger charge is -2.06. The van der Waals surface area contributed by atoms with Crippen LogP contribution >= 0.6 is 12.2 Å². The maximum absolute atomic E-state index is 11.0. The first kappa shape index (κ1) is 17.9. The number of hydrogen-bond donors (Lipinski definition) is 3. The van der Waals surface area contributed by atoms with Gasteiger partial charge in [-0.25, -0.2) is 0 Å². The second-order valence-electron chi connectivity index (χ2n) is 5.30. The molecular weight excluding hydrogens is 324 g/mol. The Balaban J connectivity index is 1.63. The molecule has 0 spiro atoms. The van der Waals surface area contributed by atoms with E-state index in [1.165, 1.54) is 7.11 Å². The van der Waals surface area contributed by atoms with Crippen LogP contribution in [0.15, 0.2) is 35.6 Å². The van der Waals surface area contributed by atoms with E-state index < -0.39 is 0 Å². The van der Waals surface area contributed by atoms with Crippen molar-refractivity contribution in [3.8, 4) is 0 Å². The molecule has 2 rings (SSSR count). The Morgan fingerprint density at radius 1 is 1.33 bits per heavy atom. The molecular formula is C17H22N4O2S. The highest BCUT2D eigenvalue weighted by atomic mass is 32.1. The van der Waals surface area contributed by atoms with Gasteiger partial charge >= 0.3 is 5.97 Å². The minimum absolute atomic E-state index is 0.160. The fraction of sp³-hybridized carbons (Fsp3) is 0.353. The maximum atomic E-state index is 11.0. The number of carbonyl (C=O) groups excluding carboxylic acids is 1. The lowest BCUT2D eigenvalue weighted by Crippen LogP contribution is -2.32. The zero-order chi connectivity index (χ0) is 17.2. The fourth-order valence-corrected chi connectivity index (χ4v) is 2.43. The second-order valence-corrected chi connectivity index (χ2v) is 5.71. The predicted molar refractivity (Wildman–Crippen MR) is 100 cm³/mol. The third kappa shape index (κ3) is 5.66. The van der Waals surface area contributed by atoms with Crippen molar-refractivity contribution in [2.75, 3.05) is 13.7 Å². The van der Waals surface area contributed by atoms with Crippen molar-refractivity contribution in [2.24, 2.45) is 5.10 Å². The molecule has 7 heteroatoms. The van der Waals surface area contributed by atoms with Crippen LogP contribution in [0.2, 0.25) is 0 Å². The first-order valence-corrected chi connectivity index (χ1v) is 8.31. The van der Waals surface area contributed by atoms with Crippen LogP contribution in [0.3, 0.4) is 0 Å². The third-order valence-electron chi connectivity index (χ3n) is 3.56. The average Bonchev–Trinajstić information content (AvgIpc) is 3.01. The number of carbonyl (C=O) groups is 1. The summed E-state index contributed by atoms with van der Waals surface area (Å²) in [6.45, 7) is 0.746. The first-order chi connectivity index (χ1) is 11.7. The predicted octanol–water partition coefficient (Wildman–Crippen LogP) is 2.70. The molecule has 0 aliphatic carbocycles. The number of rotatable bonds is 8. The van der Waals surface area contributed by atoms with Crippen molar-refractivity contribution in [3.63, 3.8) is 0 Å². The van der Waals surface area contributed by atoms with Gasteiger partial charge in [0.25, 0.3) is 0 Å². The zero-order valence-electron chi connectivity index (χ0n) is 13.7. The molecule has 2 aromatic rings. The number of esters is 1. The van der Waals surface area contributed by atoms with E-state index in [0.717, 1.165) is 42.3 Å². The van der Waals surface area contributed by atoms with E-state index in [1.807, 2.05) is 30.5 Å². The number of unbranched alkanes of at least 4 members (excludes halogenated alkanes) is 2. The van der Waals surface area contributed by atoms with Gasteiger partial charge in [-0.1, -0.05) is 24.6 Å². The molecule has 3 N–H and O–H groups in total. The number of aromatic nitrogens is 1. The highest BCUT2D eigenvalue weighted by Gasteiger charge is 2.00. The monoisotopic (exact) mass is 346 g/mol. The van der Waals surface area contributed by atoms with Gasteiger partial charge in [0.1, 0.15) is 0 Å². The summed E-state index contributed by atoms with van der Waals surface area (Å²) in [7, 11) is 1.41. The summed E-state index contributed by atoms with van der Waals surface area (Å²) >= 11 is 5.17. The Hall–Kier alpha value is -2.41. The fourth-order valence-electron chi connectivity index (χ4n) is 2.28. The Bertz CT molecular complexity index is 711. The summed E-state index contributed by atoms with van der Waals surface area (Å²) in [4.78, 5) is 14.2. The Labute approximate surface area is 146 Å². The molecule has 0 bridgehead atoms. The van der Waals surface area contributed by atoms with Crippen molar-refractivity contribution in [1.82, 2.24) is 15.7 Å². The summed E-state index contributed by atoms with van der Waals surface area (Å²) in [6.07, 6.45) is 6.83. The van der Waals surface area contributed by atoms with Crippen molar-refractivity contribution >= 4 is 40.4 Å². The summed E-state index contributed by atoms with van der Waals surface area (Å²) < 4.78 is 4.59. The number of thiocarbonyl (C=S) groups is 1. The average molecular weight is 346 g/mol. The number of hydrogen-bond acceptors (Lipinski definition) is 4. The van der Waals surface area contributed by atoms with E-state index in [2.05, 4.69) is 25.6 Å². The molecule has 1 aromatic carbocycles. The number of para-hydroxylation sites is 1. The van der Waals surface area contributed by atoms with E-state index in [4.69, 9.17) is 12.2 Å². The first-order valence-electron chi connectivity index (χ1n) is 7.90. The number of benzene rings is 1. The van der Waals surface area contributed by atoms with Crippen LogP contribution in [-0.2, 0) is 9.53 Å². The highest BCUT2D eigenvalue weighted by Crippen LogP contribution is 2.15. The summed E-state index contributed by atoms with van der Waals surface area (Å²) in [5.41, 5.74) is 4.88. The molecule has 24 heavy (non-hydrogen) atoms. The Morgan fingerprint density at radius 3 is 3.00 bits per heavy atom. The van der Waals surface area contributed by atoms with Crippen LogP contribution in [-0.4, -0.2) is 35.9 Å². The SMILES string of the molecule is COC(=O)CCCCCNC(=S)N/N=C/c1c[nH]c2ccccc12. The van der Waals surface area contributed by atoms with Crippen molar-refractivity contribution in [1.29, 1.82) is 0 Å². The van der Waals surface area contributed by atoms with Crippen LogP contribution in [0.5, 0.6) is 0 Å². The van der Waals surface area contributed by atoms with E-state index >= 15 is 0 Å². The van der Waals surface area contributed by atoms with Gasteiger partial charge in [-0.3, -0.25) is 10.2 Å². The Kier molecular flexibility index (Phi) is 7.22. The molecule has 6 nitrogen and oxygen atoms in total. The Morgan fingerprint density at radius 2 is 2.17 bits per heavy atom. The largest absolute Gasteiger partial charge is 0.469 e. The minimum Gasteiger partial charge on any atom is -0.469 e. The molecule has 0 amide bonds. The van der Waals surface area contributed by atoms with Gasteiger partial charge in [-0.2, -0.15) is 5.10 Å². The van der Waals surface area contributed by atoms with Crippen LogP contribution in [0.1, 0.15) is 31.2 Å². The van der Waals surface area contributed by atoms with Crippen molar-refractivity contribution in [3.05, 3.63) is 36.0 Å². The number of nitrogens with one attached hydrogen (secondary N) is 3. The number of aromatic amines is 1. The molecule has 1 aromatic heterocycles. The van der Waals surface area contributed by atoms with Gasteiger partial charge in [0, 0.05) is 35.6 Å². The standard InChI is InChI=1S/C17H22N4O2S/c1-23-16(22)9-3-2-6-10-18-17(24)21-20-12-13-11-19-15-8-5-4-7-14(13)15/h4-5,7-8,11-12,19H,2-3,6,9-10H2,1H3,(H2,18,21,24)/b20-12+. The molecule has 0 saturated heterocycles. The van der Waals surface area contributed by atoms with Gasteiger partial charge < -0.3 is 15.0 Å². The van der Waals surface area contributed by atoms with Crippen LogP contribution in [0.4, 0.5) is 0 Å². The van der Waals surface area contributed by atoms with Gasteiger partial charge in [0.05, 0.1) is 13.3 Å². The van der Waals surface area contributed by atoms with Gasteiger partial charge in [0.15, 0.2) is 5.11 Å². The number of fused-ring (bicyclic) bond motifs is 1. The molecule has 0 fully saturated rings. The van der Waals surface area contributed by atoms with Gasteiger partial charge in [-0.15, -0.1) is 0 Å². The van der Waals surface area contributed by atoms with Crippen LogP contribution < -0.4 is 10.7 Å². The number of H-pyrrole nitrogens is 1. The number of ether oxygens (including phenoxy) is 1. The van der Waals surface area contributed by atoms with Gasteiger partial charge in [-0.05, 0) is 31.1 Å². The van der Waals surface area contributed by atoms with E-state index in [1.54, 1.807) is 6.21 Å². The maximum Gasteiger partial charge on any atom is 0.305 e. The lowest BCUT2D eigenvalue weighted by atomic mass is 10.2. The van der Waals surface area contributed by atoms with Crippen LogP contribution in [0.25, 0.3) is 10.9 Å². The second kappa shape index (κ2) is 9.67. The molecule has 128 valence electrons. The number of methoxy groups -OCH3 is 1. The summed E-state index contributed by atoms with van der Waals surface area (Å²) in [5, 5.41) is 8.84. The van der Waals surface area contributed by atoms with E-state index in [9.17, 15) is 4.79 Å². The van der Waals surface area contributed by atoms with E-state index in [-0.39, 0.29) is 5.97 Å². The van der Waals surface area contributed by atoms with Crippen LogP contribution in [0, 0.1) is 0 Å². The molecule has 0 atom stereocenters. The topological polar surface area (TPSA) is 78.5 Å². The molecule has 0 unspecified atom stereocenters. The quantitative estimate of drug-likeness (QED) is 0.225. The summed E-state index contributed by atoms with van der Waals surface area (Å²) in [5.74, 6) is -0.160. The smallest absolute Gasteiger partial charge is 0.305 e. The molecule has 0 aliphatic heterocycles. The zero-order valence-corrected chi connectivity index (χ0v) is 14.5. The van der Waals surface area contributed by atoms with E-state index in [0.29, 0.717) is 11.5 Å². The van der Waals surface area contributed by atoms with Crippen molar-refractivity contribution in [2.45, 2.75) is 25.7 Å². The minimum atomic E-state index is -0.160. The number of nitrogens with zero attached hydrogens (tertiary/aromatic N) is 1. The molecule has 0 radical (unpaired) electrons. The molecule has 0 saturated carbocycles. The highest BCUT2D eigenvalue weighted by molar-refractivity contribution is 7.80. The normalized spacial score (nSPS) is 10.9. The van der Waals surface area contributed by atoms with Gasteiger partial charge in [0.2, 0.25) is 0 Å². The lowest BCUT2D eigenvalue weighted by molar-refractivity contribution is -0.140. The molecule has 1 heterocycles. The number of hydrazone groups is 1. The van der Waals surface area contributed by atoms with Crippen molar-refractivity contribution < 1.29 is 9.53 Å². The summed E-state index contributed by atoms with van der Waals surface area (Å²) in [6, 6.07) is 8.04. The molecule has 0 aliphatic rings.